The van der Waals surface area contributed by atoms with Crippen molar-refractivity contribution in [3.63, 3.8) is 0 Å². The summed E-state index contributed by atoms with van der Waals surface area (Å²) in [6, 6.07) is 13.4. The van der Waals surface area contributed by atoms with Crippen molar-refractivity contribution in [3.05, 3.63) is 62.5 Å². The number of ether oxygens (including phenoxy) is 1. The number of hydrogen-bond acceptors (Lipinski definition) is 3. The number of aliphatic hydroxyl groups is 1. The van der Waals surface area contributed by atoms with E-state index in [4.69, 9.17) is 10.5 Å². The molecule has 0 aliphatic carbocycles. The summed E-state index contributed by atoms with van der Waals surface area (Å²) in [5.41, 5.74) is 7.66. The molecule has 0 spiro atoms. The van der Waals surface area contributed by atoms with E-state index in [0.29, 0.717) is 12.3 Å². The third kappa shape index (κ3) is 3.86. The van der Waals surface area contributed by atoms with Gasteiger partial charge in [0.2, 0.25) is 0 Å². The van der Waals surface area contributed by atoms with Gasteiger partial charge in [-0.2, -0.15) is 0 Å². The number of halogens is 2. The highest BCUT2D eigenvalue weighted by Crippen LogP contribution is 2.36. The summed E-state index contributed by atoms with van der Waals surface area (Å²) in [6.45, 7) is 0.354. The maximum Gasteiger partial charge on any atom is 0.119 e. The van der Waals surface area contributed by atoms with Gasteiger partial charge in [-0.3, -0.25) is 0 Å². The zero-order valence-electron chi connectivity index (χ0n) is 11.6. The lowest BCUT2D eigenvalue weighted by Crippen LogP contribution is -2.20. The molecule has 2 unspecified atom stereocenters. The minimum absolute atomic E-state index is 0.179. The van der Waals surface area contributed by atoms with Gasteiger partial charge in [-0.05, 0) is 41.5 Å². The molecule has 3 nitrogen and oxygen atoms in total. The molecule has 0 bridgehead atoms. The van der Waals surface area contributed by atoms with E-state index in [2.05, 4.69) is 31.9 Å². The summed E-state index contributed by atoms with van der Waals surface area (Å²) >= 11 is 6.89. The van der Waals surface area contributed by atoms with Crippen LogP contribution in [-0.2, 0) is 0 Å². The van der Waals surface area contributed by atoms with Crippen LogP contribution in [0, 0.1) is 0 Å². The van der Waals surface area contributed by atoms with Gasteiger partial charge in [-0.25, -0.2) is 0 Å². The van der Waals surface area contributed by atoms with Gasteiger partial charge in [0.15, 0.2) is 0 Å². The van der Waals surface area contributed by atoms with Crippen molar-refractivity contribution in [2.75, 3.05) is 13.7 Å². The van der Waals surface area contributed by atoms with Crippen molar-refractivity contribution < 1.29 is 9.84 Å². The van der Waals surface area contributed by atoms with Crippen LogP contribution in [0.25, 0.3) is 0 Å². The molecule has 2 atom stereocenters. The van der Waals surface area contributed by atoms with Crippen molar-refractivity contribution in [2.45, 2.75) is 12.0 Å². The Hall–Kier alpha value is -0.880. The zero-order chi connectivity index (χ0) is 15.4. The van der Waals surface area contributed by atoms with Gasteiger partial charge in [-0.15, -0.1) is 0 Å². The maximum absolute atomic E-state index is 10.7. The van der Waals surface area contributed by atoms with Gasteiger partial charge in [-0.1, -0.05) is 44.0 Å². The highest BCUT2D eigenvalue weighted by Gasteiger charge is 2.23. The Morgan fingerprint density at radius 3 is 2.38 bits per heavy atom. The van der Waals surface area contributed by atoms with Gasteiger partial charge in [0.25, 0.3) is 0 Å². The number of benzene rings is 2. The summed E-state index contributed by atoms with van der Waals surface area (Å²) in [5.74, 6) is 0.528. The fourth-order valence-electron chi connectivity index (χ4n) is 2.25. The Labute approximate surface area is 141 Å². The fraction of sp³-hybridized carbons (Fsp3) is 0.250. The summed E-state index contributed by atoms with van der Waals surface area (Å²) < 4.78 is 7.06. The highest BCUT2D eigenvalue weighted by atomic mass is 79.9. The number of hydrogen-bond donors (Lipinski definition) is 2. The summed E-state index contributed by atoms with van der Waals surface area (Å²) in [6.07, 6.45) is -0.708. The predicted molar refractivity (Wildman–Crippen MR) is 91.6 cm³/mol. The van der Waals surface area contributed by atoms with E-state index in [1.807, 2.05) is 42.5 Å². The molecule has 0 heterocycles. The van der Waals surface area contributed by atoms with E-state index < -0.39 is 6.10 Å². The minimum Gasteiger partial charge on any atom is -0.497 e. The van der Waals surface area contributed by atoms with Crippen LogP contribution in [0.1, 0.15) is 23.1 Å². The Kier molecular flexibility index (Phi) is 5.81. The Morgan fingerprint density at radius 1 is 1.14 bits per heavy atom. The lowest BCUT2D eigenvalue weighted by atomic mass is 9.89. The van der Waals surface area contributed by atoms with Crippen LogP contribution in [-0.4, -0.2) is 18.8 Å². The van der Waals surface area contributed by atoms with Crippen molar-refractivity contribution in [1.82, 2.24) is 0 Å². The predicted octanol–water partition coefficient (Wildman–Crippen LogP) is 4.00. The molecule has 0 radical (unpaired) electrons. The normalized spacial score (nSPS) is 13.8. The Morgan fingerprint density at radius 2 is 1.81 bits per heavy atom. The van der Waals surface area contributed by atoms with Gasteiger partial charge < -0.3 is 15.6 Å². The fourth-order valence-corrected chi connectivity index (χ4v) is 2.99. The molecule has 2 rings (SSSR count). The van der Waals surface area contributed by atoms with Gasteiger partial charge in [0, 0.05) is 21.4 Å². The third-order valence-electron chi connectivity index (χ3n) is 3.46. The second kappa shape index (κ2) is 7.40. The van der Waals surface area contributed by atoms with Gasteiger partial charge >= 0.3 is 0 Å². The summed E-state index contributed by atoms with van der Waals surface area (Å²) in [5, 5.41) is 10.7. The molecule has 3 N–H and O–H groups in total. The van der Waals surface area contributed by atoms with Crippen molar-refractivity contribution in [2.24, 2.45) is 5.73 Å². The molecule has 5 heteroatoms. The number of aliphatic hydroxyl groups excluding tert-OH is 1. The molecule has 112 valence electrons. The first-order valence-corrected chi connectivity index (χ1v) is 8.12. The minimum atomic E-state index is -0.708. The van der Waals surface area contributed by atoms with Crippen LogP contribution in [0.4, 0.5) is 0 Å². The second-order valence-electron chi connectivity index (χ2n) is 4.73. The number of methoxy groups -OCH3 is 1. The lowest BCUT2D eigenvalue weighted by Gasteiger charge is -2.23. The van der Waals surface area contributed by atoms with Crippen LogP contribution in [0.5, 0.6) is 5.75 Å². The van der Waals surface area contributed by atoms with E-state index in [9.17, 15) is 5.11 Å². The van der Waals surface area contributed by atoms with Crippen LogP contribution < -0.4 is 10.5 Å². The standard InChI is InChI=1S/C16H17Br2NO2/c1-21-12-6-7-15(18)13(8-12)16(20)14(9-19)10-2-4-11(17)5-3-10/h2-8,14,16,20H,9,19H2,1H3. The average molecular weight is 415 g/mol. The third-order valence-corrected chi connectivity index (χ3v) is 4.71. The topological polar surface area (TPSA) is 55.5 Å². The second-order valence-corrected chi connectivity index (χ2v) is 6.50. The molecule has 21 heavy (non-hydrogen) atoms. The van der Waals surface area contributed by atoms with Crippen LogP contribution in [0.15, 0.2) is 51.4 Å². The van der Waals surface area contributed by atoms with Crippen molar-refractivity contribution in [3.8, 4) is 5.75 Å². The first kappa shape index (κ1) is 16.5. The molecule has 2 aromatic carbocycles. The molecule has 2 aromatic rings. The molecular weight excluding hydrogens is 398 g/mol. The molecule has 0 aliphatic rings. The maximum atomic E-state index is 10.7. The molecule has 0 fully saturated rings. The lowest BCUT2D eigenvalue weighted by molar-refractivity contribution is 0.146. The van der Waals surface area contributed by atoms with E-state index >= 15 is 0 Å². The highest BCUT2D eigenvalue weighted by molar-refractivity contribution is 9.10. The van der Waals surface area contributed by atoms with Crippen molar-refractivity contribution >= 4 is 31.9 Å². The van der Waals surface area contributed by atoms with Gasteiger partial charge in [0.05, 0.1) is 13.2 Å². The summed E-state index contributed by atoms with van der Waals surface area (Å²) in [7, 11) is 1.61. The van der Waals surface area contributed by atoms with Crippen molar-refractivity contribution in [1.29, 1.82) is 0 Å². The molecule has 0 saturated carbocycles. The number of nitrogens with two attached hydrogens (primary N) is 1. The average Bonchev–Trinajstić information content (AvgIpc) is 2.50. The van der Waals surface area contributed by atoms with Crippen LogP contribution >= 0.6 is 31.9 Å². The zero-order valence-corrected chi connectivity index (χ0v) is 14.8. The first-order valence-electron chi connectivity index (χ1n) is 6.54. The van der Waals surface area contributed by atoms with E-state index in [1.54, 1.807) is 7.11 Å². The smallest absolute Gasteiger partial charge is 0.119 e. The van der Waals surface area contributed by atoms with E-state index in [1.165, 1.54) is 0 Å². The number of rotatable bonds is 5. The Bertz CT molecular complexity index is 602. The molecule has 0 amide bonds. The van der Waals surface area contributed by atoms with Crippen LogP contribution in [0.3, 0.4) is 0 Å². The largest absolute Gasteiger partial charge is 0.497 e. The van der Waals surface area contributed by atoms with Crippen LogP contribution in [0.2, 0.25) is 0 Å². The van der Waals surface area contributed by atoms with E-state index in [-0.39, 0.29) is 5.92 Å². The first-order chi connectivity index (χ1) is 10.1. The van der Waals surface area contributed by atoms with E-state index in [0.717, 1.165) is 20.1 Å². The molecule has 0 aliphatic heterocycles. The quantitative estimate of drug-likeness (QED) is 0.777. The monoisotopic (exact) mass is 413 g/mol. The molecule has 0 saturated heterocycles. The van der Waals surface area contributed by atoms with Gasteiger partial charge in [0.1, 0.15) is 5.75 Å². The molecular formula is C16H17Br2NO2. The summed E-state index contributed by atoms with van der Waals surface area (Å²) in [4.78, 5) is 0. The Balaban J connectivity index is 2.36. The molecule has 0 aromatic heterocycles. The SMILES string of the molecule is COc1ccc(Br)c(C(O)C(CN)c2ccc(Br)cc2)c1.